The van der Waals surface area contributed by atoms with Crippen LogP contribution in [0.4, 0.5) is 11.4 Å². The molecule has 2 rings (SSSR count). The Labute approximate surface area is 127 Å². The zero-order chi connectivity index (χ0) is 15.7. The van der Waals surface area contributed by atoms with E-state index in [1.165, 1.54) is 0 Å². The Hall–Kier alpha value is -1.76. The van der Waals surface area contributed by atoms with E-state index in [1.807, 2.05) is 11.8 Å². The molecule has 6 nitrogen and oxygen atoms in total. The van der Waals surface area contributed by atoms with Gasteiger partial charge >= 0.3 is 5.97 Å². The summed E-state index contributed by atoms with van der Waals surface area (Å²) in [5.41, 5.74) is 1.00. The number of rotatable bonds is 3. The van der Waals surface area contributed by atoms with Gasteiger partial charge in [0.15, 0.2) is 0 Å². The third kappa shape index (κ3) is 2.97. The van der Waals surface area contributed by atoms with Crippen molar-refractivity contribution in [2.75, 3.05) is 17.2 Å². The molecule has 1 heterocycles. The first-order valence-corrected chi connectivity index (χ1v) is 7.78. The zero-order valence-corrected chi connectivity index (χ0v) is 13.0. The van der Waals surface area contributed by atoms with Crippen LogP contribution in [-0.2, 0) is 0 Å². The smallest absolute Gasteiger partial charge is 0.336 e. The standard InChI is InChI=1S/C14H18N2O4S/c1-8-12(15-4-5-21-10(3)9(15)2)6-11(14(17)18)7-13(8)16(19)20/h6-7,9-10H,4-5H2,1-3H3,(H,17,18). The molecule has 0 spiro atoms. The van der Waals surface area contributed by atoms with Gasteiger partial charge in [0.25, 0.3) is 5.69 Å². The minimum Gasteiger partial charge on any atom is -0.478 e. The highest BCUT2D eigenvalue weighted by atomic mass is 32.2. The van der Waals surface area contributed by atoms with Crippen LogP contribution in [0.1, 0.15) is 29.8 Å². The molecule has 2 atom stereocenters. The number of carboxylic acids is 1. The SMILES string of the molecule is Cc1c(N2CCSC(C)C2C)cc(C(=O)O)cc1[N+](=O)[O-]. The van der Waals surface area contributed by atoms with Gasteiger partial charge in [-0.25, -0.2) is 4.79 Å². The highest BCUT2D eigenvalue weighted by molar-refractivity contribution is 8.00. The average molecular weight is 310 g/mol. The molecular formula is C14H18N2O4S. The first kappa shape index (κ1) is 15.6. The van der Waals surface area contributed by atoms with E-state index in [2.05, 4.69) is 18.7 Å². The zero-order valence-electron chi connectivity index (χ0n) is 12.2. The molecule has 1 aromatic carbocycles. The van der Waals surface area contributed by atoms with Gasteiger partial charge in [-0.15, -0.1) is 0 Å². The van der Waals surface area contributed by atoms with Gasteiger partial charge in [0.2, 0.25) is 0 Å². The van der Waals surface area contributed by atoms with E-state index in [1.54, 1.807) is 13.0 Å². The van der Waals surface area contributed by atoms with Crippen LogP contribution in [0.25, 0.3) is 0 Å². The number of thioether (sulfide) groups is 1. The van der Waals surface area contributed by atoms with Crippen LogP contribution in [0.5, 0.6) is 0 Å². The summed E-state index contributed by atoms with van der Waals surface area (Å²) in [6, 6.07) is 2.88. The largest absolute Gasteiger partial charge is 0.478 e. The maximum atomic E-state index is 11.2. The Kier molecular flexibility index (Phi) is 4.41. The predicted molar refractivity (Wildman–Crippen MR) is 83.5 cm³/mol. The number of aromatic carboxylic acids is 1. The molecule has 1 aliphatic heterocycles. The summed E-state index contributed by atoms with van der Waals surface area (Å²) < 4.78 is 0. The number of benzene rings is 1. The fourth-order valence-corrected chi connectivity index (χ4v) is 3.67. The normalized spacial score (nSPS) is 22.1. The van der Waals surface area contributed by atoms with Gasteiger partial charge < -0.3 is 10.0 Å². The molecule has 0 radical (unpaired) electrons. The summed E-state index contributed by atoms with van der Waals surface area (Å²) in [6.45, 7) is 6.62. The van der Waals surface area contributed by atoms with Crippen molar-refractivity contribution < 1.29 is 14.8 Å². The summed E-state index contributed by atoms with van der Waals surface area (Å²) in [5.74, 6) is -0.220. The molecule has 7 heteroatoms. The number of carboxylic acid groups (broad SMARTS) is 1. The van der Waals surface area contributed by atoms with Gasteiger partial charge in [0.1, 0.15) is 0 Å². The van der Waals surface area contributed by atoms with Gasteiger partial charge in [-0.05, 0) is 19.9 Å². The molecule has 0 saturated carbocycles. The number of hydrogen-bond acceptors (Lipinski definition) is 5. The quantitative estimate of drug-likeness (QED) is 0.682. The lowest BCUT2D eigenvalue weighted by Gasteiger charge is -2.40. The molecule has 1 aliphatic rings. The number of nitrogens with zero attached hydrogens (tertiary/aromatic N) is 2. The third-order valence-electron chi connectivity index (χ3n) is 3.99. The van der Waals surface area contributed by atoms with E-state index in [0.717, 1.165) is 18.4 Å². The molecule has 0 bridgehead atoms. The highest BCUT2D eigenvalue weighted by Gasteiger charge is 2.29. The van der Waals surface area contributed by atoms with Crippen LogP contribution in [0, 0.1) is 17.0 Å². The van der Waals surface area contributed by atoms with E-state index in [-0.39, 0.29) is 17.3 Å². The maximum Gasteiger partial charge on any atom is 0.336 e. The second-order valence-corrected chi connectivity index (χ2v) is 6.70. The minimum atomic E-state index is -1.15. The number of anilines is 1. The van der Waals surface area contributed by atoms with Gasteiger partial charge in [0, 0.05) is 35.3 Å². The number of nitro benzene ring substituents is 1. The molecule has 1 saturated heterocycles. The van der Waals surface area contributed by atoms with E-state index >= 15 is 0 Å². The van der Waals surface area contributed by atoms with Crippen molar-refractivity contribution in [1.29, 1.82) is 0 Å². The number of carbonyl (C=O) groups is 1. The Bertz CT molecular complexity index is 591. The molecular weight excluding hydrogens is 292 g/mol. The van der Waals surface area contributed by atoms with Crippen molar-refractivity contribution >= 4 is 29.1 Å². The molecule has 0 amide bonds. The Morgan fingerprint density at radius 1 is 1.48 bits per heavy atom. The van der Waals surface area contributed by atoms with Crippen LogP contribution in [0.3, 0.4) is 0 Å². The van der Waals surface area contributed by atoms with Crippen molar-refractivity contribution in [3.63, 3.8) is 0 Å². The fraction of sp³-hybridized carbons (Fsp3) is 0.500. The average Bonchev–Trinajstić information content (AvgIpc) is 2.42. The Morgan fingerprint density at radius 2 is 2.14 bits per heavy atom. The summed E-state index contributed by atoms with van der Waals surface area (Å²) in [4.78, 5) is 24.0. The van der Waals surface area contributed by atoms with Crippen molar-refractivity contribution in [3.05, 3.63) is 33.4 Å². The monoisotopic (exact) mass is 310 g/mol. The molecule has 114 valence electrons. The van der Waals surface area contributed by atoms with E-state index < -0.39 is 10.9 Å². The lowest BCUT2D eigenvalue weighted by atomic mass is 10.0. The van der Waals surface area contributed by atoms with Gasteiger partial charge in [-0.1, -0.05) is 6.92 Å². The Morgan fingerprint density at radius 3 is 2.71 bits per heavy atom. The van der Waals surface area contributed by atoms with Crippen LogP contribution < -0.4 is 4.90 Å². The van der Waals surface area contributed by atoms with Gasteiger partial charge in [0.05, 0.1) is 16.1 Å². The van der Waals surface area contributed by atoms with Crippen molar-refractivity contribution in [2.45, 2.75) is 32.1 Å². The molecule has 0 aliphatic carbocycles. The molecule has 2 unspecified atom stereocenters. The third-order valence-corrected chi connectivity index (χ3v) is 5.33. The minimum absolute atomic E-state index is 0.0413. The summed E-state index contributed by atoms with van der Waals surface area (Å²) in [6.07, 6.45) is 0. The molecule has 0 aromatic heterocycles. The lowest BCUT2D eigenvalue weighted by Crippen LogP contribution is -2.45. The van der Waals surface area contributed by atoms with E-state index in [0.29, 0.717) is 16.5 Å². The van der Waals surface area contributed by atoms with Crippen LogP contribution in [0.15, 0.2) is 12.1 Å². The molecule has 21 heavy (non-hydrogen) atoms. The van der Waals surface area contributed by atoms with Gasteiger partial charge in [-0.2, -0.15) is 11.8 Å². The molecule has 1 aromatic rings. The maximum absolute atomic E-state index is 11.2. The first-order chi connectivity index (χ1) is 9.82. The summed E-state index contributed by atoms with van der Waals surface area (Å²) >= 11 is 1.86. The predicted octanol–water partition coefficient (Wildman–Crippen LogP) is 2.93. The fourth-order valence-electron chi connectivity index (χ4n) is 2.57. The number of nitro groups is 1. The van der Waals surface area contributed by atoms with Crippen LogP contribution in [-0.4, -0.2) is 39.6 Å². The summed E-state index contributed by atoms with van der Waals surface area (Å²) in [5, 5.41) is 20.7. The van der Waals surface area contributed by atoms with Crippen molar-refractivity contribution in [3.8, 4) is 0 Å². The second kappa shape index (κ2) is 5.93. The first-order valence-electron chi connectivity index (χ1n) is 6.73. The highest BCUT2D eigenvalue weighted by Crippen LogP contribution is 2.35. The van der Waals surface area contributed by atoms with Crippen molar-refractivity contribution in [1.82, 2.24) is 0 Å². The number of hydrogen-bond donors (Lipinski definition) is 1. The summed E-state index contributed by atoms with van der Waals surface area (Å²) in [7, 11) is 0. The van der Waals surface area contributed by atoms with Crippen LogP contribution in [0.2, 0.25) is 0 Å². The van der Waals surface area contributed by atoms with Crippen LogP contribution >= 0.6 is 11.8 Å². The second-order valence-electron chi connectivity index (χ2n) is 5.21. The van der Waals surface area contributed by atoms with Gasteiger partial charge in [-0.3, -0.25) is 10.1 Å². The molecule has 1 fully saturated rings. The lowest BCUT2D eigenvalue weighted by molar-refractivity contribution is -0.385. The molecule has 1 N–H and O–H groups in total. The van der Waals surface area contributed by atoms with E-state index in [4.69, 9.17) is 0 Å². The Balaban J connectivity index is 2.56. The van der Waals surface area contributed by atoms with Crippen molar-refractivity contribution in [2.24, 2.45) is 0 Å². The van der Waals surface area contributed by atoms with E-state index in [9.17, 15) is 20.0 Å². The topological polar surface area (TPSA) is 83.7 Å².